The molecule has 0 aromatic carbocycles. The van der Waals surface area contributed by atoms with Crippen molar-refractivity contribution in [2.45, 2.75) is 116 Å². The fourth-order valence-electron chi connectivity index (χ4n) is 8.55. The Balaban J connectivity index is 1.59. The lowest BCUT2D eigenvalue weighted by atomic mass is 9.44. The maximum absolute atomic E-state index is 12.8. The average molecular weight is 505 g/mol. The molecule has 4 aliphatic rings. The van der Waals surface area contributed by atoms with E-state index in [2.05, 4.69) is 6.92 Å². The van der Waals surface area contributed by atoms with Gasteiger partial charge in [0.05, 0.1) is 6.10 Å². The second kappa shape index (κ2) is 10.3. The SMILES string of the molecule is CCCCCCCC(=O)OC1CC(=O)C=C2CC[C@@H]3[C@H]([C@@H](O)C[C@@]4(C)[C@H]3CC[C@]4(O)C(=O)CO)[C@]21C. The number of hydrogen-bond acceptors (Lipinski definition) is 7. The summed E-state index contributed by atoms with van der Waals surface area (Å²) in [7, 11) is 0. The summed E-state index contributed by atoms with van der Waals surface area (Å²) in [5.74, 6) is -1.12. The minimum absolute atomic E-state index is 0.00248. The number of carbonyl (C=O) groups excluding carboxylic acids is 3. The monoisotopic (exact) mass is 504 g/mol. The van der Waals surface area contributed by atoms with Gasteiger partial charge in [-0.15, -0.1) is 0 Å². The lowest BCUT2D eigenvalue weighted by molar-refractivity contribution is -0.197. The first-order chi connectivity index (χ1) is 17.0. The third-order valence-corrected chi connectivity index (χ3v) is 10.5. The molecule has 0 radical (unpaired) electrons. The van der Waals surface area contributed by atoms with Crippen molar-refractivity contribution in [2.75, 3.05) is 6.61 Å². The van der Waals surface area contributed by atoms with Crippen LogP contribution in [0.25, 0.3) is 0 Å². The van der Waals surface area contributed by atoms with Crippen LogP contribution in [0.15, 0.2) is 11.6 Å². The molecule has 4 aliphatic carbocycles. The molecule has 0 bridgehead atoms. The van der Waals surface area contributed by atoms with Crippen molar-refractivity contribution in [3.63, 3.8) is 0 Å². The molecule has 0 aromatic rings. The maximum atomic E-state index is 12.8. The Morgan fingerprint density at radius 3 is 2.56 bits per heavy atom. The van der Waals surface area contributed by atoms with Gasteiger partial charge in [-0.05, 0) is 56.4 Å². The van der Waals surface area contributed by atoms with Crippen LogP contribution in [-0.4, -0.2) is 57.3 Å². The Bertz CT molecular complexity index is 911. The Kier molecular flexibility index (Phi) is 7.86. The fourth-order valence-corrected chi connectivity index (χ4v) is 8.55. The molecule has 0 saturated heterocycles. The van der Waals surface area contributed by atoms with E-state index in [0.29, 0.717) is 19.3 Å². The van der Waals surface area contributed by atoms with Gasteiger partial charge < -0.3 is 20.1 Å². The number of rotatable bonds is 9. The summed E-state index contributed by atoms with van der Waals surface area (Å²) in [6.45, 7) is 5.35. The van der Waals surface area contributed by atoms with Gasteiger partial charge in [0.15, 0.2) is 11.6 Å². The first-order valence-corrected chi connectivity index (χ1v) is 14.0. The standard InChI is InChI=1S/C29H44O7/c1-4-5-6-7-8-9-25(34)36-24-15-19(31)14-18-10-11-20-21-12-13-29(35,23(33)17-30)27(21,2)16-22(32)26(20)28(18,24)3/h14,20-22,24,26,30,32,35H,4-13,15-17H2,1-3H3/t20-,21-,22-,24?,26+,27-,28+,29-/m0/s1. The molecule has 4 rings (SSSR count). The topological polar surface area (TPSA) is 121 Å². The van der Waals surface area contributed by atoms with Crippen molar-refractivity contribution >= 4 is 17.5 Å². The molecule has 0 spiro atoms. The van der Waals surface area contributed by atoms with E-state index in [1.807, 2.05) is 13.8 Å². The Morgan fingerprint density at radius 1 is 1.14 bits per heavy atom. The molecule has 1 unspecified atom stereocenters. The van der Waals surface area contributed by atoms with Gasteiger partial charge in [-0.3, -0.25) is 14.4 Å². The molecule has 0 heterocycles. The second-order valence-electron chi connectivity index (χ2n) is 12.3. The predicted octanol–water partition coefficient (Wildman–Crippen LogP) is 3.66. The summed E-state index contributed by atoms with van der Waals surface area (Å²) in [4.78, 5) is 38.1. The van der Waals surface area contributed by atoms with Crippen molar-refractivity contribution in [1.29, 1.82) is 0 Å². The van der Waals surface area contributed by atoms with E-state index in [4.69, 9.17) is 4.74 Å². The van der Waals surface area contributed by atoms with Gasteiger partial charge in [-0.25, -0.2) is 0 Å². The lowest BCUT2D eigenvalue weighted by Gasteiger charge is -2.61. The number of carbonyl (C=O) groups is 3. The van der Waals surface area contributed by atoms with Gasteiger partial charge >= 0.3 is 5.97 Å². The zero-order valence-corrected chi connectivity index (χ0v) is 22.1. The van der Waals surface area contributed by atoms with E-state index in [-0.39, 0.29) is 48.8 Å². The largest absolute Gasteiger partial charge is 0.461 e. The van der Waals surface area contributed by atoms with Crippen LogP contribution in [0.5, 0.6) is 0 Å². The molecular formula is C29H44O7. The molecule has 7 heteroatoms. The smallest absolute Gasteiger partial charge is 0.306 e. The van der Waals surface area contributed by atoms with Gasteiger partial charge in [-0.2, -0.15) is 0 Å². The number of unbranched alkanes of at least 4 members (excludes halogenated alkanes) is 4. The van der Waals surface area contributed by atoms with E-state index < -0.39 is 41.0 Å². The normalized spacial score (nSPS) is 41.7. The maximum Gasteiger partial charge on any atom is 0.306 e. The minimum atomic E-state index is -1.65. The number of hydrogen-bond donors (Lipinski definition) is 3. The number of Topliss-reactive ketones (excluding diaryl/α,β-unsaturated/α-hetero) is 1. The zero-order valence-electron chi connectivity index (χ0n) is 22.1. The van der Waals surface area contributed by atoms with Gasteiger partial charge in [-0.1, -0.05) is 52.0 Å². The number of ketones is 2. The van der Waals surface area contributed by atoms with Crippen molar-refractivity contribution in [2.24, 2.45) is 28.6 Å². The Hall–Kier alpha value is -1.57. The van der Waals surface area contributed by atoms with E-state index in [9.17, 15) is 29.7 Å². The van der Waals surface area contributed by atoms with Crippen LogP contribution in [-0.2, 0) is 19.1 Å². The molecule has 8 atom stereocenters. The second-order valence-corrected chi connectivity index (χ2v) is 12.3. The summed E-state index contributed by atoms with van der Waals surface area (Å²) >= 11 is 0. The van der Waals surface area contributed by atoms with Crippen LogP contribution in [0.3, 0.4) is 0 Å². The van der Waals surface area contributed by atoms with Crippen molar-refractivity contribution in [1.82, 2.24) is 0 Å². The summed E-state index contributed by atoms with van der Waals surface area (Å²) in [5, 5.41) is 32.6. The first kappa shape index (κ1) is 27.5. The third-order valence-electron chi connectivity index (χ3n) is 10.5. The molecule has 36 heavy (non-hydrogen) atoms. The highest BCUT2D eigenvalue weighted by Crippen LogP contribution is 2.67. The molecule has 7 nitrogen and oxygen atoms in total. The van der Waals surface area contributed by atoms with Crippen molar-refractivity contribution < 1.29 is 34.4 Å². The molecule has 3 saturated carbocycles. The van der Waals surface area contributed by atoms with Crippen LogP contribution >= 0.6 is 0 Å². The highest BCUT2D eigenvalue weighted by molar-refractivity contribution is 5.92. The van der Waals surface area contributed by atoms with Gasteiger partial charge in [0, 0.05) is 29.6 Å². The molecule has 0 amide bonds. The quantitative estimate of drug-likeness (QED) is 0.324. The number of esters is 1. The van der Waals surface area contributed by atoms with Crippen LogP contribution < -0.4 is 0 Å². The van der Waals surface area contributed by atoms with Crippen molar-refractivity contribution in [3.05, 3.63) is 11.6 Å². The molecule has 0 aliphatic heterocycles. The van der Waals surface area contributed by atoms with Crippen LogP contribution in [0.4, 0.5) is 0 Å². The van der Waals surface area contributed by atoms with Crippen LogP contribution in [0, 0.1) is 28.6 Å². The zero-order chi connectivity index (χ0) is 26.3. The molecule has 3 fully saturated rings. The van der Waals surface area contributed by atoms with Crippen molar-refractivity contribution in [3.8, 4) is 0 Å². The predicted molar refractivity (Wildman–Crippen MR) is 134 cm³/mol. The Morgan fingerprint density at radius 2 is 1.86 bits per heavy atom. The van der Waals surface area contributed by atoms with Crippen LogP contribution in [0.1, 0.15) is 97.8 Å². The number of ether oxygens (including phenoxy) is 1. The van der Waals surface area contributed by atoms with E-state index in [0.717, 1.165) is 44.1 Å². The summed E-state index contributed by atoms with van der Waals surface area (Å²) in [6.07, 6.45) is 8.39. The first-order valence-electron chi connectivity index (χ1n) is 14.0. The summed E-state index contributed by atoms with van der Waals surface area (Å²) < 4.78 is 6.02. The molecule has 3 N–H and O–H groups in total. The van der Waals surface area contributed by atoms with Crippen LogP contribution in [0.2, 0.25) is 0 Å². The number of fused-ring (bicyclic) bond motifs is 5. The molecule has 0 aromatic heterocycles. The Labute approximate surface area is 214 Å². The summed E-state index contributed by atoms with van der Waals surface area (Å²) in [5.41, 5.74) is -2.21. The van der Waals surface area contributed by atoms with Gasteiger partial charge in [0.1, 0.15) is 18.3 Å². The number of aliphatic hydroxyl groups excluding tert-OH is 2. The molecular weight excluding hydrogens is 460 g/mol. The number of aliphatic hydroxyl groups is 3. The molecule has 202 valence electrons. The van der Waals surface area contributed by atoms with Gasteiger partial charge in [0.25, 0.3) is 0 Å². The highest BCUT2D eigenvalue weighted by Gasteiger charge is 2.69. The average Bonchev–Trinajstić information content (AvgIpc) is 3.10. The fraction of sp³-hybridized carbons (Fsp3) is 0.828. The third kappa shape index (κ3) is 4.29. The highest BCUT2D eigenvalue weighted by atomic mass is 16.5. The van der Waals surface area contributed by atoms with E-state index in [1.54, 1.807) is 6.08 Å². The summed E-state index contributed by atoms with van der Waals surface area (Å²) in [6, 6.07) is 0. The van der Waals surface area contributed by atoms with E-state index in [1.165, 1.54) is 0 Å². The van der Waals surface area contributed by atoms with Gasteiger partial charge in [0.2, 0.25) is 0 Å². The minimum Gasteiger partial charge on any atom is -0.461 e. The lowest BCUT2D eigenvalue weighted by Crippen LogP contribution is -2.64. The van der Waals surface area contributed by atoms with E-state index >= 15 is 0 Å².